The van der Waals surface area contributed by atoms with Gasteiger partial charge in [0.25, 0.3) is 0 Å². The fourth-order valence-corrected chi connectivity index (χ4v) is 3.14. The maximum atomic E-state index is 12.2. The number of hydrogen-bond donors (Lipinski definition) is 0. The molecule has 0 saturated heterocycles. The zero-order valence-corrected chi connectivity index (χ0v) is 14.0. The van der Waals surface area contributed by atoms with Gasteiger partial charge in [0.15, 0.2) is 0 Å². The van der Waals surface area contributed by atoms with Gasteiger partial charge >= 0.3 is 0 Å². The lowest BCUT2D eigenvalue weighted by Gasteiger charge is -2.15. The summed E-state index contributed by atoms with van der Waals surface area (Å²) >= 11 is 4.99. The van der Waals surface area contributed by atoms with E-state index >= 15 is 0 Å². The summed E-state index contributed by atoms with van der Waals surface area (Å²) in [6, 6.07) is 6.07. The molecule has 106 valence electrons. The third-order valence-electron chi connectivity index (χ3n) is 2.94. The molecule has 1 aromatic heterocycles. The standard InChI is InChI=1S/C14H16BrN3OS/c1-10-6-11(15)4-5-13(10)20-9-14(19)18(3)12-7-16-17(2)8-12/h4-8H,9H2,1-3H3. The van der Waals surface area contributed by atoms with Crippen LogP contribution < -0.4 is 4.90 Å². The Labute approximate surface area is 131 Å². The maximum absolute atomic E-state index is 12.2. The zero-order chi connectivity index (χ0) is 14.7. The topological polar surface area (TPSA) is 38.1 Å². The molecule has 1 amide bonds. The van der Waals surface area contributed by atoms with Crippen molar-refractivity contribution in [1.29, 1.82) is 0 Å². The van der Waals surface area contributed by atoms with E-state index in [-0.39, 0.29) is 5.91 Å². The fourth-order valence-electron chi connectivity index (χ4n) is 1.74. The molecule has 2 rings (SSSR count). The summed E-state index contributed by atoms with van der Waals surface area (Å²) < 4.78 is 2.74. The van der Waals surface area contributed by atoms with E-state index in [0.717, 1.165) is 15.1 Å². The van der Waals surface area contributed by atoms with E-state index in [0.29, 0.717) is 5.75 Å². The molecule has 0 bridgehead atoms. The van der Waals surface area contributed by atoms with Crippen LogP contribution in [0.15, 0.2) is 40.0 Å². The number of carbonyl (C=O) groups is 1. The molecule has 0 saturated carbocycles. The van der Waals surface area contributed by atoms with Crippen molar-refractivity contribution < 1.29 is 4.79 Å². The molecule has 0 radical (unpaired) electrons. The molecule has 20 heavy (non-hydrogen) atoms. The quantitative estimate of drug-likeness (QED) is 0.791. The summed E-state index contributed by atoms with van der Waals surface area (Å²) in [6.07, 6.45) is 3.51. The number of aryl methyl sites for hydroxylation is 2. The second-order valence-electron chi connectivity index (χ2n) is 4.52. The molecule has 4 nitrogen and oxygen atoms in total. The summed E-state index contributed by atoms with van der Waals surface area (Å²) in [5.74, 6) is 0.471. The molecule has 0 aliphatic heterocycles. The Morgan fingerprint density at radius 2 is 2.25 bits per heavy atom. The molecular formula is C14H16BrN3OS. The van der Waals surface area contributed by atoms with Gasteiger partial charge in [-0.25, -0.2) is 0 Å². The van der Waals surface area contributed by atoms with Crippen LogP contribution in [0.5, 0.6) is 0 Å². The minimum atomic E-state index is 0.0605. The molecule has 2 aromatic rings. The zero-order valence-electron chi connectivity index (χ0n) is 11.6. The second-order valence-corrected chi connectivity index (χ2v) is 6.46. The Morgan fingerprint density at radius 1 is 1.50 bits per heavy atom. The number of thioether (sulfide) groups is 1. The van der Waals surface area contributed by atoms with Crippen molar-refractivity contribution in [1.82, 2.24) is 9.78 Å². The SMILES string of the molecule is Cc1cc(Br)ccc1SCC(=O)N(C)c1cnn(C)c1. The first kappa shape index (κ1) is 15.1. The largest absolute Gasteiger partial charge is 0.312 e. The third-order valence-corrected chi connectivity index (χ3v) is 4.59. The number of carbonyl (C=O) groups excluding carboxylic acids is 1. The predicted octanol–water partition coefficient (Wildman–Crippen LogP) is 3.25. The van der Waals surface area contributed by atoms with E-state index in [1.165, 1.54) is 5.56 Å². The lowest BCUT2D eigenvalue weighted by molar-refractivity contribution is -0.115. The van der Waals surface area contributed by atoms with Gasteiger partial charge in [0.2, 0.25) is 5.91 Å². The number of anilines is 1. The highest BCUT2D eigenvalue weighted by molar-refractivity contribution is 9.10. The molecule has 0 N–H and O–H groups in total. The van der Waals surface area contributed by atoms with Crippen molar-refractivity contribution in [3.63, 3.8) is 0 Å². The number of amides is 1. The fraction of sp³-hybridized carbons (Fsp3) is 0.286. The molecule has 0 aliphatic carbocycles. The summed E-state index contributed by atoms with van der Waals surface area (Å²) in [6.45, 7) is 2.04. The molecule has 0 unspecified atom stereocenters. The van der Waals surface area contributed by atoms with Crippen LogP contribution in [-0.4, -0.2) is 28.5 Å². The molecule has 0 aliphatic rings. The van der Waals surface area contributed by atoms with Gasteiger partial charge in [0.05, 0.1) is 17.6 Å². The number of rotatable bonds is 4. The smallest absolute Gasteiger partial charge is 0.237 e. The first-order valence-electron chi connectivity index (χ1n) is 6.11. The van der Waals surface area contributed by atoms with Crippen LogP contribution in [-0.2, 0) is 11.8 Å². The van der Waals surface area contributed by atoms with Gasteiger partial charge in [0.1, 0.15) is 0 Å². The summed E-state index contributed by atoms with van der Waals surface area (Å²) in [4.78, 5) is 14.9. The van der Waals surface area contributed by atoms with E-state index in [4.69, 9.17) is 0 Å². The monoisotopic (exact) mass is 353 g/mol. The first-order valence-corrected chi connectivity index (χ1v) is 7.89. The molecular weight excluding hydrogens is 338 g/mol. The number of aromatic nitrogens is 2. The molecule has 0 atom stereocenters. The summed E-state index contributed by atoms with van der Waals surface area (Å²) in [5, 5.41) is 4.07. The van der Waals surface area contributed by atoms with Crippen molar-refractivity contribution in [3.8, 4) is 0 Å². The Kier molecular flexibility index (Phi) is 4.88. The Morgan fingerprint density at radius 3 is 2.85 bits per heavy atom. The Hall–Kier alpha value is -1.27. The van der Waals surface area contributed by atoms with Crippen LogP contribution in [0, 0.1) is 6.92 Å². The lowest BCUT2D eigenvalue weighted by Crippen LogP contribution is -2.27. The summed E-state index contributed by atoms with van der Waals surface area (Å²) in [5.41, 5.74) is 1.98. The van der Waals surface area contributed by atoms with Gasteiger partial charge in [-0.3, -0.25) is 9.48 Å². The van der Waals surface area contributed by atoms with Crippen molar-refractivity contribution in [3.05, 3.63) is 40.6 Å². The van der Waals surface area contributed by atoms with E-state index in [2.05, 4.69) is 27.1 Å². The number of nitrogens with zero attached hydrogens (tertiary/aromatic N) is 3. The van der Waals surface area contributed by atoms with E-state index < -0.39 is 0 Å². The Balaban J connectivity index is 1.98. The van der Waals surface area contributed by atoms with Gasteiger partial charge in [0, 0.05) is 29.7 Å². The van der Waals surface area contributed by atoms with Crippen LogP contribution in [0.3, 0.4) is 0 Å². The highest BCUT2D eigenvalue weighted by atomic mass is 79.9. The number of benzene rings is 1. The molecule has 1 aromatic carbocycles. The maximum Gasteiger partial charge on any atom is 0.237 e. The Bertz CT molecular complexity index is 627. The lowest BCUT2D eigenvalue weighted by atomic mass is 10.2. The number of hydrogen-bond acceptors (Lipinski definition) is 3. The van der Waals surface area contributed by atoms with Crippen LogP contribution in [0.25, 0.3) is 0 Å². The van der Waals surface area contributed by atoms with Crippen LogP contribution in [0.1, 0.15) is 5.56 Å². The van der Waals surface area contributed by atoms with E-state index in [1.807, 2.05) is 32.3 Å². The molecule has 0 spiro atoms. The molecule has 0 fully saturated rings. The third kappa shape index (κ3) is 3.64. The van der Waals surface area contributed by atoms with E-state index in [9.17, 15) is 4.79 Å². The van der Waals surface area contributed by atoms with Crippen LogP contribution >= 0.6 is 27.7 Å². The minimum absolute atomic E-state index is 0.0605. The van der Waals surface area contributed by atoms with Gasteiger partial charge in [-0.15, -0.1) is 11.8 Å². The van der Waals surface area contributed by atoms with Gasteiger partial charge in [-0.2, -0.15) is 5.10 Å². The average Bonchev–Trinajstić information content (AvgIpc) is 2.83. The van der Waals surface area contributed by atoms with Crippen LogP contribution in [0.2, 0.25) is 0 Å². The highest BCUT2D eigenvalue weighted by Gasteiger charge is 2.13. The molecule has 1 heterocycles. The van der Waals surface area contributed by atoms with Gasteiger partial charge in [-0.1, -0.05) is 15.9 Å². The van der Waals surface area contributed by atoms with Crippen molar-refractivity contribution >= 4 is 39.3 Å². The van der Waals surface area contributed by atoms with Gasteiger partial charge < -0.3 is 4.90 Å². The minimum Gasteiger partial charge on any atom is -0.312 e. The summed E-state index contributed by atoms with van der Waals surface area (Å²) in [7, 11) is 3.61. The first-order chi connectivity index (χ1) is 9.47. The van der Waals surface area contributed by atoms with Gasteiger partial charge in [-0.05, 0) is 30.7 Å². The average molecular weight is 354 g/mol. The normalized spacial score (nSPS) is 10.6. The van der Waals surface area contributed by atoms with Crippen molar-refractivity contribution in [2.45, 2.75) is 11.8 Å². The predicted molar refractivity (Wildman–Crippen MR) is 86.2 cm³/mol. The second kappa shape index (κ2) is 6.45. The highest BCUT2D eigenvalue weighted by Crippen LogP contribution is 2.26. The van der Waals surface area contributed by atoms with Crippen molar-refractivity contribution in [2.24, 2.45) is 7.05 Å². The van der Waals surface area contributed by atoms with E-state index in [1.54, 1.807) is 34.6 Å². The molecule has 6 heteroatoms. The van der Waals surface area contributed by atoms with Crippen LogP contribution in [0.4, 0.5) is 5.69 Å². The van der Waals surface area contributed by atoms with Crippen molar-refractivity contribution in [2.75, 3.05) is 17.7 Å². The number of halogens is 1.